The normalized spacial score (nSPS) is 11.4. The van der Waals surface area contributed by atoms with E-state index < -0.39 is 0 Å². The Balaban J connectivity index is 1.58. The van der Waals surface area contributed by atoms with Crippen LogP contribution in [0.1, 0.15) is 11.1 Å². The molecule has 0 aliphatic rings. The van der Waals surface area contributed by atoms with E-state index >= 15 is 0 Å². The molecule has 0 atom stereocenters. The molecule has 0 radical (unpaired) electrons. The van der Waals surface area contributed by atoms with Gasteiger partial charge in [0, 0.05) is 17.2 Å². The Labute approximate surface area is 145 Å². The maximum Gasteiger partial charge on any atom is 0.209 e. The predicted octanol–water partition coefficient (Wildman–Crippen LogP) is 6.02. The lowest BCUT2D eigenvalue weighted by atomic mass is 10.1. The molecule has 0 amide bonds. The molecule has 0 saturated heterocycles. The Kier molecular flexibility index (Phi) is 3.93. The van der Waals surface area contributed by atoms with E-state index in [1.54, 1.807) is 11.3 Å². The van der Waals surface area contributed by atoms with Crippen LogP contribution in [-0.4, -0.2) is 11.2 Å². The van der Waals surface area contributed by atoms with E-state index in [4.69, 9.17) is 0 Å². The standard InChI is InChI=1S/C21H16N2S/c1-15-6-9-18(10-7-15)20-14-24-21(23-20)22-13-16-8-11-17-4-2-3-5-19(17)12-16/h2-14H,1H3/b22-13+. The second-order valence-corrected chi connectivity index (χ2v) is 6.58. The number of benzene rings is 3. The summed E-state index contributed by atoms with van der Waals surface area (Å²) in [5.41, 5.74) is 4.44. The van der Waals surface area contributed by atoms with Gasteiger partial charge < -0.3 is 0 Å². The zero-order valence-corrected chi connectivity index (χ0v) is 14.1. The number of rotatable bonds is 3. The first-order chi connectivity index (χ1) is 11.8. The molecule has 0 unspecified atom stereocenters. The van der Waals surface area contributed by atoms with Crippen molar-refractivity contribution >= 4 is 33.5 Å². The molecule has 3 aromatic carbocycles. The molecule has 0 aliphatic carbocycles. The van der Waals surface area contributed by atoms with Crippen molar-refractivity contribution in [3.05, 3.63) is 83.2 Å². The minimum absolute atomic E-state index is 0.777. The van der Waals surface area contributed by atoms with Crippen molar-refractivity contribution in [2.24, 2.45) is 4.99 Å². The molecular formula is C21H16N2S. The van der Waals surface area contributed by atoms with Gasteiger partial charge in [0.2, 0.25) is 5.13 Å². The van der Waals surface area contributed by atoms with Crippen molar-refractivity contribution in [1.29, 1.82) is 0 Å². The van der Waals surface area contributed by atoms with Crippen LogP contribution in [-0.2, 0) is 0 Å². The first-order valence-electron chi connectivity index (χ1n) is 7.83. The molecule has 24 heavy (non-hydrogen) atoms. The first kappa shape index (κ1) is 14.8. The van der Waals surface area contributed by atoms with Crippen molar-refractivity contribution in [3.63, 3.8) is 0 Å². The van der Waals surface area contributed by atoms with E-state index in [1.165, 1.54) is 16.3 Å². The SMILES string of the molecule is Cc1ccc(-c2csc(/N=C/c3ccc4ccccc4c3)n2)cc1. The molecule has 0 spiro atoms. The smallest absolute Gasteiger partial charge is 0.209 e. The van der Waals surface area contributed by atoms with Gasteiger partial charge in [-0.05, 0) is 29.3 Å². The van der Waals surface area contributed by atoms with Crippen molar-refractivity contribution < 1.29 is 0 Å². The van der Waals surface area contributed by atoms with E-state index in [9.17, 15) is 0 Å². The predicted molar refractivity (Wildman–Crippen MR) is 103 cm³/mol. The molecule has 0 bridgehead atoms. The van der Waals surface area contributed by atoms with Gasteiger partial charge in [-0.15, -0.1) is 11.3 Å². The summed E-state index contributed by atoms with van der Waals surface area (Å²) in [4.78, 5) is 9.14. The molecule has 1 aromatic heterocycles. The van der Waals surface area contributed by atoms with Gasteiger partial charge in [-0.3, -0.25) is 0 Å². The number of hydrogen-bond donors (Lipinski definition) is 0. The first-order valence-corrected chi connectivity index (χ1v) is 8.71. The quantitative estimate of drug-likeness (QED) is 0.422. The van der Waals surface area contributed by atoms with E-state index in [-0.39, 0.29) is 0 Å². The Morgan fingerprint density at radius 2 is 1.71 bits per heavy atom. The zero-order chi connectivity index (χ0) is 16.4. The molecule has 4 aromatic rings. The topological polar surface area (TPSA) is 25.2 Å². The number of aryl methyl sites for hydroxylation is 1. The molecule has 3 heteroatoms. The van der Waals surface area contributed by atoms with Crippen LogP contribution in [0.25, 0.3) is 22.0 Å². The summed E-state index contributed by atoms with van der Waals surface area (Å²) in [6, 6.07) is 23.1. The van der Waals surface area contributed by atoms with Gasteiger partial charge in [-0.1, -0.05) is 66.2 Å². The van der Waals surface area contributed by atoms with Crippen LogP contribution >= 0.6 is 11.3 Å². The van der Waals surface area contributed by atoms with Gasteiger partial charge >= 0.3 is 0 Å². The fourth-order valence-electron chi connectivity index (χ4n) is 2.60. The van der Waals surface area contributed by atoms with Crippen molar-refractivity contribution in [1.82, 2.24) is 4.98 Å². The summed E-state index contributed by atoms with van der Waals surface area (Å²) in [6.07, 6.45) is 1.88. The number of thiazole rings is 1. The van der Waals surface area contributed by atoms with Gasteiger partial charge in [-0.2, -0.15) is 0 Å². The van der Waals surface area contributed by atoms with Crippen LogP contribution in [0.2, 0.25) is 0 Å². The van der Waals surface area contributed by atoms with Gasteiger partial charge in [0.15, 0.2) is 0 Å². The van der Waals surface area contributed by atoms with E-state index in [0.717, 1.165) is 22.0 Å². The van der Waals surface area contributed by atoms with Gasteiger partial charge in [-0.25, -0.2) is 9.98 Å². The van der Waals surface area contributed by atoms with E-state index in [1.807, 2.05) is 6.21 Å². The van der Waals surface area contributed by atoms with Gasteiger partial charge in [0.05, 0.1) is 5.69 Å². The number of hydrogen-bond acceptors (Lipinski definition) is 3. The van der Waals surface area contributed by atoms with Crippen molar-refractivity contribution in [2.45, 2.75) is 6.92 Å². The van der Waals surface area contributed by atoms with Crippen LogP contribution in [0.5, 0.6) is 0 Å². The molecule has 0 fully saturated rings. The largest absolute Gasteiger partial charge is 0.227 e. The summed E-state index contributed by atoms with van der Waals surface area (Å²) in [6.45, 7) is 2.09. The third-order valence-electron chi connectivity index (χ3n) is 3.94. The lowest BCUT2D eigenvalue weighted by molar-refractivity contribution is 1.35. The summed E-state index contributed by atoms with van der Waals surface area (Å²) in [5, 5.41) is 5.29. The minimum Gasteiger partial charge on any atom is -0.227 e. The minimum atomic E-state index is 0.777. The average Bonchev–Trinajstić information content (AvgIpc) is 3.09. The monoisotopic (exact) mass is 328 g/mol. The zero-order valence-electron chi connectivity index (χ0n) is 13.3. The van der Waals surface area contributed by atoms with Crippen molar-refractivity contribution in [3.8, 4) is 11.3 Å². The molecule has 0 N–H and O–H groups in total. The van der Waals surface area contributed by atoms with Crippen LogP contribution in [0.15, 0.2) is 77.1 Å². The molecule has 4 rings (SSSR count). The Bertz CT molecular complexity index is 1010. The fraction of sp³-hybridized carbons (Fsp3) is 0.0476. The molecule has 0 saturated carbocycles. The lowest BCUT2D eigenvalue weighted by Gasteiger charge is -1.98. The molecule has 116 valence electrons. The number of nitrogens with zero attached hydrogens (tertiary/aromatic N) is 2. The summed E-state index contributed by atoms with van der Waals surface area (Å²) in [5.74, 6) is 0. The highest BCUT2D eigenvalue weighted by molar-refractivity contribution is 7.13. The molecule has 1 heterocycles. The average molecular weight is 328 g/mol. The Morgan fingerprint density at radius 1 is 0.917 bits per heavy atom. The van der Waals surface area contributed by atoms with Crippen LogP contribution in [0.4, 0.5) is 5.13 Å². The van der Waals surface area contributed by atoms with E-state index in [0.29, 0.717) is 0 Å². The highest BCUT2D eigenvalue weighted by Crippen LogP contribution is 2.27. The van der Waals surface area contributed by atoms with E-state index in [2.05, 4.69) is 89.0 Å². The highest BCUT2D eigenvalue weighted by Gasteiger charge is 2.03. The summed E-state index contributed by atoms with van der Waals surface area (Å²) in [7, 11) is 0. The van der Waals surface area contributed by atoms with Crippen LogP contribution in [0, 0.1) is 6.92 Å². The maximum absolute atomic E-state index is 4.61. The summed E-state index contributed by atoms with van der Waals surface area (Å²) >= 11 is 1.56. The number of aliphatic imine (C=N–C) groups is 1. The fourth-order valence-corrected chi connectivity index (χ4v) is 3.27. The molecular weight excluding hydrogens is 312 g/mol. The Morgan fingerprint density at radius 3 is 2.54 bits per heavy atom. The number of aromatic nitrogens is 1. The lowest BCUT2D eigenvalue weighted by Crippen LogP contribution is -1.81. The van der Waals surface area contributed by atoms with Gasteiger partial charge in [0.25, 0.3) is 0 Å². The molecule has 2 nitrogen and oxygen atoms in total. The van der Waals surface area contributed by atoms with Crippen LogP contribution < -0.4 is 0 Å². The Hall–Kier alpha value is -2.78. The third kappa shape index (κ3) is 3.12. The number of fused-ring (bicyclic) bond motifs is 1. The van der Waals surface area contributed by atoms with Gasteiger partial charge in [0.1, 0.15) is 0 Å². The molecule has 0 aliphatic heterocycles. The third-order valence-corrected chi connectivity index (χ3v) is 4.69. The van der Waals surface area contributed by atoms with Crippen molar-refractivity contribution in [2.75, 3.05) is 0 Å². The summed E-state index contributed by atoms with van der Waals surface area (Å²) < 4.78 is 0. The second-order valence-electron chi connectivity index (χ2n) is 5.75. The maximum atomic E-state index is 4.61. The highest BCUT2D eigenvalue weighted by atomic mass is 32.1. The van der Waals surface area contributed by atoms with Crippen LogP contribution in [0.3, 0.4) is 0 Å². The second kappa shape index (κ2) is 6.38.